The topological polar surface area (TPSA) is 29.3 Å². The van der Waals surface area contributed by atoms with Gasteiger partial charge < -0.3 is 10.6 Å². The van der Waals surface area contributed by atoms with Crippen LogP contribution in [0.15, 0.2) is 18.2 Å². The van der Waals surface area contributed by atoms with Crippen molar-refractivity contribution in [1.82, 2.24) is 0 Å². The molecule has 0 aromatic heterocycles. The molecule has 0 saturated carbocycles. The lowest BCUT2D eigenvalue weighted by molar-refractivity contribution is -0.120. The van der Waals surface area contributed by atoms with Gasteiger partial charge in [-0.2, -0.15) is 13.2 Å². The fourth-order valence-corrected chi connectivity index (χ4v) is 2.09. The molecule has 0 aliphatic heterocycles. The fourth-order valence-electron chi connectivity index (χ4n) is 2.09. The Balaban J connectivity index is 3.14. The summed E-state index contributed by atoms with van der Waals surface area (Å²) < 4.78 is 38.0. The highest BCUT2D eigenvalue weighted by Crippen LogP contribution is 2.28. The van der Waals surface area contributed by atoms with Crippen molar-refractivity contribution in [3.63, 3.8) is 0 Å². The molecular weight excluding hydrogens is 253 g/mol. The number of anilines is 1. The highest BCUT2D eigenvalue weighted by Gasteiger charge is 2.32. The number of nitrogens with zero attached hydrogens (tertiary/aromatic N) is 1. The molecule has 108 valence electrons. The van der Waals surface area contributed by atoms with E-state index in [0.717, 1.165) is 11.1 Å². The van der Waals surface area contributed by atoms with E-state index in [9.17, 15) is 13.2 Å². The Hall–Kier alpha value is -1.23. The molecule has 19 heavy (non-hydrogen) atoms. The Morgan fingerprint density at radius 2 is 1.89 bits per heavy atom. The third-order valence-electron chi connectivity index (χ3n) is 2.93. The van der Waals surface area contributed by atoms with Gasteiger partial charge >= 0.3 is 6.18 Å². The number of nitrogens with two attached hydrogens (primary N) is 1. The number of hydrogen-bond acceptors (Lipinski definition) is 2. The zero-order valence-corrected chi connectivity index (χ0v) is 11.6. The van der Waals surface area contributed by atoms with E-state index in [0.29, 0.717) is 18.7 Å². The van der Waals surface area contributed by atoms with Crippen LogP contribution in [0.4, 0.5) is 18.9 Å². The summed E-state index contributed by atoms with van der Waals surface area (Å²) in [5, 5.41) is 0. The zero-order chi connectivity index (χ0) is 14.6. The van der Waals surface area contributed by atoms with Crippen LogP contribution in [0.3, 0.4) is 0 Å². The van der Waals surface area contributed by atoms with Gasteiger partial charge in [0, 0.05) is 11.7 Å². The highest BCUT2D eigenvalue weighted by molar-refractivity contribution is 5.56. The molecule has 0 radical (unpaired) electrons. The average Bonchev–Trinajstić information content (AvgIpc) is 2.25. The second kappa shape index (κ2) is 6.28. The van der Waals surface area contributed by atoms with Crippen molar-refractivity contribution < 1.29 is 13.2 Å². The average molecular weight is 274 g/mol. The second-order valence-electron chi connectivity index (χ2n) is 5.01. The summed E-state index contributed by atoms with van der Waals surface area (Å²) in [5.41, 5.74) is 8.08. The number of benzene rings is 1. The van der Waals surface area contributed by atoms with Crippen LogP contribution in [0.2, 0.25) is 0 Å². The lowest BCUT2D eigenvalue weighted by Gasteiger charge is -2.32. The molecule has 1 aromatic rings. The summed E-state index contributed by atoms with van der Waals surface area (Å²) >= 11 is 0. The lowest BCUT2D eigenvalue weighted by Crippen LogP contribution is -2.39. The van der Waals surface area contributed by atoms with Crippen LogP contribution < -0.4 is 10.6 Å². The standard InChI is InChI=1S/C14H21F3N2/c1-10(2)19(9-14(15,16)17)13-5-4-11(3)8-12(13)6-7-18/h4-5,8,10H,6-7,9,18H2,1-3H3. The van der Waals surface area contributed by atoms with Gasteiger partial charge in [0.05, 0.1) is 0 Å². The third kappa shape index (κ3) is 4.74. The summed E-state index contributed by atoms with van der Waals surface area (Å²) in [6, 6.07) is 5.28. The van der Waals surface area contributed by atoms with E-state index in [4.69, 9.17) is 5.73 Å². The summed E-state index contributed by atoms with van der Waals surface area (Å²) in [4.78, 5) is 1.38. The Bertz CT molecular complexity index is 414. The Morgan fingerprint density at radius 1 is 1.26 bits per heavy atom. The molecule has 0 aliphatic rings. The van der Waals surface area contributed by atoms with Gasteiger partial charge in [-0.3, -0.25) is 0 Å². The van der Waals surface area contributed by atoms with Crippen LogP contribution in [0.5, 0.6) is 0 Å². The monoisotopic (exact) mass is 274 g/mol. The van der Waals surface area contributed by atoms with Crippen LogP contribution in [-0.2, 0) is 6.42 Å². The molecule has 0 fully saturated rings. The number of aryl methyl sites for hydroxylation is 1. The Morgan fingerprint density at radius 3 is 2.37 bits per heavy atom. The highest BCUT2D eigenvalue weighted by atomic mass is 19.4. The first-order valence-electron chi connectivity index (χ1n) is 6.37. The molecule has 2 nitrogen and oxygen atoms in total. The molecule has 0 atom stereocenters. The first-order chi connectivity index (χ1) is 8.74. The molecule has 1 rings (SSSR count). The molecule has 0 bridgehead atoms. The molecule has 0 heterocycles. The first kappa shape index (κ1) is 15.8. The quantitative estimate of drug-likeness (QED) is 0.893. The van der Waals surface area contributed by atoms with Crippen molar-refractivity contribution >= 4 is 5.69 Å². The van der Waals surface area contributed by atoms with Gasteiger partial charge in [0.15, 0.2) is 0 Å². The minimum atomic E-state index is -4.21. The van der Waals surface area contributed by atoms with Crippen molar-refractivity contribution in [2.24, 2.45) is 5.73 Å². The molecule has 0 unspecified atom stereocenters. The predicted octanol–water partition coefficient (Wildman–Crippen LogP) is 3.27. The summed E-state index contributed by atoms with van der Waals surface area (Å²) in [7, 11) is 0. The largest absolute Gasteiger partial charge is 0.405 e. The molecule has 2 N–H and O–H groups in total. The molecular formula is C14H21F3N2. The molecule has 0 spiro atoms. The molecule has 0 saturated heterocycles. The van der Waals surface area contributed by atoms with Crippen molar-refractivity contribution in [2.75, 3.05) is 18.0 Å². The van der Waals surface area contributed by atoms with Crippen LogP contribution in [-0.4, -0.2) is 25.3 Å². The van der Waals surface area contributed by atoms with Crippen LogP contribution in [0.1, 0.15) is 25.0 Å². The maximum absolute atomic E-state index is 12.7. The fraction of sp³-hybridized carbons (Fsp3) is 0.571. The number of hydrogen-bond donors (Lipinski definition) is 1. The molecule has 5 heteroatoms. The number of rotatable bonds is 5. The van der Waals surface area contributed by atoms with Crippen molar-refractivity contribution in [3.8, 4) is 0 Å². The van der Waals surface area contributed by atoms with E-state index in [-0.39, 0.29) is 6.04 Å². The Kier molecular flexibility index (Phi) is 5.23. The lowest BCUT2D eigenvalue weighted by atomic mass is 10.0. The van der Waals surface area contributed by atoms with Gasteiger partial charge in [0.1, 0.15) is 6.54 Å². The van der Waals surface area contributed by atoms with Gasteiger partial charge in [-0.25, -0.2) is 0 Å². The number of alkyl halides is 3. The molecule has 0 aliphatic carbocycles. The third-order valence-corrected chi connectivity index (χ3v) is 2.93. The predicted molar refractivity (Wildman–Crippen MR) is 72.5 cm³/mol. The van der Waals surface area contributed by atoms with E-state index in [1.165, 1.54) is 4.90 Å². The summed E-state index contributed by atoms with van der Waals surface area (Å²) in [6.45, 7) is 4.93. The number of halogens is 3. The van der Waals surface area contributed by atoms with Gasteiger partial charge in [-0.05, 0) is 45.4 Å². The maximum atomic E-state index is 12.7. The molecule has 1 aromatic carbocycles. The molecule has 0 amide bonds. The van der Waals surface area contributed by atoms with Crippen molar-refractivity contribution in [1.29, 1.82) is 0 Å². The SMILES string of the molecule is Cc1ccc(N(CC(F)(F)F)C(C)C)c(CCN)c1. The van der Waals surface area contributed by atoms with Gasteiger partial charge in [0.2, 0.25) is 0 Å². The van der Waals surface area contributed by atoms with Crippen LogP contribution in [0, 0.1) is 6.92 Å². The van der Waals surface area contributed by atoms with Crippen LogP contribution in [0.25, 0.3) is 0 Å². The van der Waals surface area contributed by atoms with E-state index in [1.54, 1.807) is 19.9 Å². The van der Waals surface area contributed by atoms with Crippen molar-refractivity contribution in [2.45, 2.75) is 39.4 Å². The maximum Gasteiger partial charge on any atom is 0.405 e. The van der Waals surface area contributed by atoms with E-state index in [2.05, 4.69) is 0 Å². The van der Waals surface area contributed by atoms with Crippen molar-refractivity contribution in [3.05, 3.63) is 29.3 Å². The normalized spacial score (nSPS) is 12.0. The van der Waals surface area contributed by atoms with Gasteiger partial charge in [-0.1, -0.05) is 17.7 Å². The summed E-state index contributed by atoms with van der Waals surface area (Å²) in [5.74, 6) is 0. The first-order valence-corrected chi connectivity index (χ1v) is 6.37. The smallest absolute Gasteiger partial charge is 0.360 e. The van der Waals surface area contributed by atoms with E-state index in [1.807, 2.05) is 19.1 Å². The minimum absolute atomic E-state index is 0.221. The van der Waals surface area contributed by atoms with Gasteiger partial charge in [-0.15, -0.1) is 0 Å². The van der Waals surface area contributed by atoms with Crippen LogP contribution >= 0.6 is 0 Å². The second-order valence-corrected chi connectivity index (χ2v) is 5.01. The Labute approximate surface area is 112 Å². The summed E-state index contributed by atoms with van der Waals surface area (Å²) in [6.07, 6.45) is -3.63. The minimum Gasteiger partial charge on any atom is -0.360 e. The zero-order valence-electron chi connectivity index (χ0n) is 11.6. The van der Waals surface area contributed by atoms with Gasteiger partial charge in [0.25, 0.3) is 0 Å². The van der Waals surface area contributed by atoms with E-state index < -0.39 is 12.7 Å². The van der Waals surface area contributed by atoms with E-state index >= 15 is 0 Å².